The maximum absolute atomic E-state index is 6.22. The zero-order chi connectivity index (χ0) is 14.0. The molecule has 0 unspecified atom stereocenters. The van der Waals surface area contributed by atoms with Crippen LogP contribution in [0.2, 0.25) is 5.02 Å². The van der Waals surface area contributed by atoms with E-state index in [1.165, 1.54) is 0 Å². The predicted molar refractivity (Wildman–Crippen MR) is 73.7 cm³/mol. The molecular formula is C13H15ClN2O3. The Bertz CT molecular complexity index is 581. The Hall–Kier alpha value is -1.88. The number of anilines is 1. The van der Waals surface area contributed by atoms with Crippen LogP contribution in [0, 0.1) is 0 Å². The molecule has 2 N–H and O–H groups in total. The van der Waals surface area contributed by atoms with E-state index in [0.717, 1.165) is 0 Å². The molecule has 0 aliphatic rings. The Morgan fingerprint density at radius 2 is 2.00 bits per heavy atom. The van der Waals surface area contributed by atoms with E-state index in [1.807, 2.05) is 13.8 Å². The molecule has 1 heterocycles. The summed E-state index contributed by atoms with van der Waals surface area (Å²) in [6, 6.07) is 5.03. The summed E-state index contributed by atoms with van der Waals surface area (Å²) >= 11 is 6.22. The molecule has 0 amide bonds. The van der Waals surface area contributed by atoms with Crippen LogP contribution in [0.15, 0.2) is 22.7 Å². The minimum atomic E-state index is 0.0248. The van der Waals surface area contributed by atoms with Crippen LogP contribution in [0.4, 0.5) is 5.82 Å². The fourth-order valence-corrected chi connectivity index (χ4v) is 1.89. The molecule has 6 heteroatoms. The molecular weight excluding hydrogens is 268 g/mol. The predicted octanol–water partition coefficient (Wildman–Crippen LogP) is 3.37. The highest BCUT2D eigenvalue weighted by molar-refractivity contribution is 6.33. The molecule has 0 atom stereocenters. The summed E-state index contributed by atoms with van der Waals surface area (Å²) in [7, 11) is 1.56. The lowest BCUT2D eigenvalue weighted by atomic mass is 10.1. The standard InChI is InChI=1S/C13H15ClN2O3/c1-7(2)18-12-5-9(14)8(4-11(12)17-3)10-6-13(15)16-19-10/h4-7H,1-3H3,(H2,15,16). The molecule has 0 saturated heterocycles. The summed E-state index contributed by atoms with van der Waals surface area (Å²) in [6.07, 6.45) is 0.0248. The molecule has 0 fully saturated rings. The largest absolute Gasteiger partial charge is 0.493 e. The van der Waals surface area contributed by atoms with Gasteiger partial charge in [0.1, 0.15) is 0 Å². The van der Waals surface area contributed by atoms with Crippen molar-refractivity contribution < 1.29 is 14.0 Å². The molecule has 2 rings (SSSR count). The number of nitrogen functional groups attached to an aromatic ring is 1. The number of nitrogens with two attached hydrogens (primary N) is 1. The number of rotatable bonds is 4. The first-order valence-electron chi connectivity index (χ1n) is 5.78. The van der Waals surface area contributed by atoms with E-state index in [4.69, 9.17) is 31.3 Å². The van der Waals surface area contributed by atoms with Gasteiger partial charge in [0.05, 0.1) is 18.2 Å². The Balaban J connectivity index is 2.47. The third-order valence-corrected chi connectivity index (χ3v) is 2.72. The van der Waals surface area contributed by atoms with Gasteiger partial charge in [-0.15, -0.1) is 0 Å². The van der Waals surface area contributed by atoms with Gasteiger partial charge in [-0.2, -0.15) is 0 Å². The van der Waals surface area contributed by atoms with Crippen LogP contribution in [-0.2, 0) is 0 Å². The van der Waals surface area contributed by atoms with Crippen molar-refractivity contribution in [1.82, 2.24) is 5.16 Å². The average Bonchev–Trinajstić information content (AvgIpc) is 2.75. The quantitative estimate of drug-likeness (QED) is 0.931. The smallest absolute Gasteiger partial charge is 0.170 e. The molecule has 1 aromatic carbocycles. The highest BCUT2D eigenvalue weighted by Crippen LogP contribution is 2.39. The van der Waals surface area contributed by atoms with Crippen LogP contribution >= 0.6 is 11.6 Å². The van der Waals surface area contributed by atoms with Crippen LogP contribution in [0.3, 0.4) is 0 Å². The second-order valence-corrected chi connectivity index (χ2v) is 4.67. The molecule has 5 nitrogen and oxygen atoms in total. The maximum Gasteiger partial charge on any atom is 0.170 e. The van der Waals surface area contributed by atoms with Gasteiger partial charge in [0.15, 0.2) is 23.1 Å². The molecule has 0 aliphatic heterocycles. The minimum Gasteiger partial charge on any atom is -0.493 e. The number of methoxy groups -OCH3 is 1. The zero-order valence-corrected chi connectivity index (χ0v) is 11.7. The average molecular weight is 283 g/mol. The zero-order valence-electron chi connectivity index (χ0n) is 10.9. The van der Waals surface area contributed by atoms with E-state index in [-0.39, 0.29) is 6.10 Å². The second-order valence-electron chi connectivity index (χ2n) is 4.27. The van der Waals surface area contributed by atoms with Gasteiger partial charge in [-0.25, -0.2) is 0 Å². The van der Waals surface area contributed by atoms with Crippen molar-refractivity contribution in [2.75, 3.05) is 12.8 Å². The Morgan fingerprint density at radius 1 is 1.26 bits per heavy atom. The van der Waals surface area contributed by atoms with Gasteiger partial charge in [0.2, 0.25) is 0 Å². The number of benzene rings is 1. The molecule has 102 valence electrons. The summed E-state index contributed by atoms with van der Waals surface area (Å²) in [5.74, 6) is 1.94. The van der Waals surface area contributed by atoms with Crippen LogP contribution in [-0.4, -0.2) is 18.4 Å². The molecule has 0 radical (unpaired) electrons. The fraction of sp³-hybridized carbons (Fsp3) is 0.308. The molecule has 0 bridgehead atoms. The molecule has 1 aromatic heterocycles. The highest BCUT2D eigenvalue weighted by atomic mass is 35.5. The molecule has 19 heavy (non-hydrogen) atoms. The van der Waals surface area contributed by atoms with E-state index >= 15 is 0 Å². The van der Waals surface area contributed by atoms with Gasteiger partial charge >= 0.3 is 0 Å². The Morgan fingerprint density at radius 3 is 2.53 bits per heavy atom. The lowest BCUT2D eigenvalue weighted by Gasteiger charge is -2.15. The first-order valence-corrected chi connectivity index (χ1v) is 6.15. The van der Waals surface area contributed by atoms with E-state index in [2.05, 4.69) is 5.16 Å². The summed E-state index contributed by atoms with van der Waals surface area (Å²) in [4.78, 5) is 0. The third kappa shape index (κ3) is 2.93. The topological polar surface area (TPSA) is 70.5 Å². The summed E-state index contributed by atoms with van der Waals surface area (Å²) in [5, 5.41) is 4.11. The van der Waals surface area contributed by atoms with Crippen LogP contribution in [0.1, 0.15) is 13.8 Å². The van der Waals surface area contributed by atoms with Crippen LogP contribution in [0.25, 0.3) is 11.3 Å². The number of hydrogen-bond acceptors (Lipinski definition) is 5. The van der Waals surface area contributed by atoms with E-state index in [9.17, 15) is 0 Å². The molecule has 0 saturated carbocycles. The summed E-state index contributed by atoms with van der Waals surface area (Å²) < 4.78 is 16.0. The molecule has 2 aromatic rings. The fourth-order valence-electron chi connectivity index (χ4n) is 1.65. The lowest BCUT2D eigenvalue weighted by Crippen LogP contribution is -2.06. The number of hydrogen-bond donors (Lipinski definition) is 1. The van der Waals surface area contributed by atoms with Gasteiger partial charge in [0.25, 0.3) is 0 Å². The van der Waals surface area contributed by atoms with Gasteiger partial charge in [0, 0.05) is 17.7 Å². The Kier molecular flexibility index (Phi) is 3.85. The van der Waals surface area contributed by atoms with Crippen molar-refractivity contribution in [3.05, 3.63) is 23.2 Å². The van der Waals surface area contributed by atoms with Crippen molar-refractivity contribution >= 4 is 17.4 Å². The van der Waals surface area contributed by atoms with Crippen molar-refractivity contribution in [2.45, 2.75) is 20.0 Å². The maximum atomic E-state index is 6.22. The third-order valence-electron chi connectivity index (χ3n) is 2.41. The first-order chi connectivity index (χ1) is 9.01. The summed E-state index contributed by atoms with van der Waals surface area (Å²) in [5.41, 5.74) is 6.18. The number of nitrogens with zero attached hydrogens (tertiary/aromatic N) is 1. The summed E-state index contributed by atoms with van der Waals surface area (Å²) in [6.45, 7) is 3.86. The number of ether oxygens (including phenoxy) is 2. The molecule has 0 aliphatic carbocycles. The van der Waals surface area contributed by atoms with Crippen molar-refractivity contribution in [3.8, 4) is 22.8 Å². The van der Waals surface area contributed by atoms with Gasteiger partial charge in [-0.3, -0.25) is 0 Å². The van der Waals surface area contributed by atoms with E-state index < -0.39 is 0 Å². The van der Waals surface area contributed by atoms with E-state index in [0.29, 0.717) is 33.7 Å². The SMILES string of the molecule is COc1cc(-c2cc(N)no2)c(Cl)cc1OC(C)C. The first kappa shape index (κ1) is 13.5. The Labute approximate surface area is 116 Å². The van der Waals surface area contributed by atoms with Crippen molar-refractivity contribution in [1.29, 1.82) is 0 Å². The normalized spacial score (nSPS) is 10.8. The number of halogens is 1. The van der Waals surface area contributed by atoms with Crippen LogP contribution < -0.4 is 15.2 Å². The van der Waals surface area contributed by atoms with Gasteiger partial charge in [-0.1, -0.05) is 16.8 Å². The van der Waals surface area contributed by atoms with E-state index in [1.54, 1.807) is 25.3 Å². The van der Waals surface area contributed by atoms with Gasteiger partial charge in [-0.05, 0) is 19.9 Å². The monoisotopic (exact) mass is 282 g/mol. The minimum absolute atomic E-state index is 0.0248. The molecule has 0 spiro atoms. The highest BCUT2D eigenvalue weighted by Gasteiger charge is 2.16. The number of aromatic nitrogens is 1. The van der Waals surface area contributed by atoms with Crippen molar-refractivity contribution in [3.63, 3.8) is 0 Å². The van der Waals surface area contributed by atoms with Crippen molar-refractivity contribution in [2.24, 2.45) is 0 Å². The van der Waals surface area contributed by atoms with Crippen LogP contribution in [0.5, 0.6) is 11.5 Å². The van der Waals surface area contributed by atoms with Gasteiger partial charge < -0.3 is 19.7 Å². The second kappa shape index (κ2) is 5.40. The lowest BCUT2D eigenvalue weighted by molar-refractivity contribution is 0.230.